The number of aryl methyl sites for hydroxylation is 2. The van der Waals surface area contributed by atoms with E-state index in [4.69, 9.17) is 9.15 Å². The van der Waals surface area contributed by atoms with Gasteiger partial charge in [-0.3, -0.25) is 4.79 Å². The summed E-state index contributed by atoms with van der Waals surface area (Å²) in [5.74, 6) is 0.270. The number of benzene rings is 1. The molecule has 0 unspecified atom stereocenters. The smallest absolute Gasteiger partial charge is 0.314 e. The molecule has 0 radical (unpaired) electrons. The third kappa shape index (κ3) is 3.73. The van der Waals surface area contributed by atoms with Crippen LogP contribution in [0.1, 0.15) is 22.9 Å². The van der Waals surface area contributed by atoms with Crippen LogP contribution in [0, 0.1) is 19.7 Å². The topological polar surface area (TPSA) is 95.4 Å². The number of carbonyl (C=O) groups is 1. The first-order chi connectivity index (χ1) is 13.5. The van der Waals surface area contributed by atoms with E-state index in [1.165, 1.54) is 18.4 Å². The molecule has 0 amide bonds. The van der Waals surface area contributed by atoms with Gasteiger partial charge in [-0.25, -0.2) is 18.9 Å². The Morgan fingerprint density at radius 3 is 2.75 bits per heavy atom. The van der Waals surface area contributed by atoms with Gasteiger partial charge < -0.3 is 9.15 Å². The standard InChI is InChI=1S/C19H16FN5O3/c1-11-7-12(2)25-19(21-11)23-16(24-25)8-17(26)27-9-15-10-28-18(22-15)13-3-5-14(20)6-4-13/h3-7,10H,8-9H2,1-2H3. The van der Waals surface area contributed by atoms with Crippen LogP contribution in [0.25, 0.3) is 17.2 Å². The van der Waals surface area contributed by atoms with Crippen LogP contribution >= 0.6 is 0 Å². The molecule has 0 atom stereocenters. The van der Waals surface area contributed by atoms with Gasteiger partial charge >= 0.3 is 5.97 Å². The van der Waals surface area contributed by atoms with Gasteiger partial charge in [-0.15, -0.1) is 5.10 Å². The van der Waals surface area contributed by atoms with E-state index in [0.717, 1.165) is 11.4 Å². The Hall–Kier alpha value is -3.62. The third-order valence-electron chi connectivity index (χ3n) is 3.99. The number of hydrogen-bond donors (Lipinski definition) is 0. The summed E-state index contributed by atoms with van der Waals surface area (Å²) in [4.78, 5) is 24.9. The maximum atomic E-state index is 13.0. The number of oxazole rings is 1. The molecule has 3 aromatic heterocycles. The largest absolute Gasteiger partial charge is 0.459 e. The predicted molar refractivity (Wildman–Crippen MR) is 95.7 cm³/mol. The lowest BCUT2D eigenvalue weighted by Gasteiger charge is -2.00. The van der Waals surface area contributed by atoms with Crippen molar-refractivity contribution < 1.29 is 18.3 Å². The average molecular weight is 381 g/mol. The summed E-state index contributed by atoms with van der Waals surface area (Å²) in [7, 11) is 0. The van der Waals surface area contributed by atoms with Crippen molar-refractivity contribution in [2.75, 3.05) is 0 Å². The van der Waals surface area contributed by atoms with Crippen molar-refractivity contribution in [1.82, 2.24) is 24.6 Å². The second-order valence-corrected chi connectivity index (χ2v) is 6.27. The van der Waals surface area contributed by atoms with E-state index in [0.29, 0.717) is 28.8 Å². The highest BCUT2D eigenvalue weighted by Crippen LogP contribution is 2.19. The van der Waals surface area contributed by atoms with Gasteiger partial charge in [0, 0.05) is 17.0 Å². The van der Waals surface area contributed by atoms with Crippen molar-refractivity contribution in [3.05, 3.63) is 65.3 Å². The zero-order valence-electron chi connectivity index (χ0n) is 15.2. The van der Waals surface area contributed by atoms with E-state index in [2.05, 4.69) is 20.1 Å². The minimum Gasteiger partial charge on any atom is -0.459 e. The molecule has 0 aliphatic carbocycles. The third-order valence-corrected chi connectivity index (χ3v) is 3.99. The van der Waals surface area contributed by atoms with E-state index in [9.17, 15) is 9.18 Å². The molecule has 1 aromatic carbocycles. The van der Waals surface area contributed by atoms with E-state index >= 15 is 0 Å². The quantitative estimate of drug-likeness (QED) is 0.491. The molecule has 0 N–H and O–H groups in total. The van der Waals surface area contributed by atoms with Gasteiger partial charge in [0.05, 0.1) is 0 Å². The molecule has 9 heteroatoms. The molecule has 0 aliphatic heterocycles. The van der Waals surface area contributed by atoms with Gasteiger partial charge in [0.2, 0.25) is 5.89 Å². The van der Waals surface area contributed by atoms with Crippen LogP contribution in [-0.2, 0) is 22.6 Å². The van der Waals surface area contributed by atoms with Gasteiger partial charge in [0.25, 0.3) is 5.78 Å². The fourth-order valence-corrected chi connectivity index (χ4v) is 2.72. The number of ether oxygens (including phenoxy) is 1. The monoisotopic (exact) mass is 381 g/mol. The number of carbonyl (C=O) groups excluding carboxylic acids is 1. The second-order valence-electron chi connectivity index (χ2n) is 6.27. The first-order valence-electron chi connectivity index (χ1n) is 8.54. The summed E-state index contributed by atoms with van der Waals surface area (Å²) in [5.41, 5.74) is 2.79. The first kappa shape index (κ1) is 17.8. The Morgan fingerprint density at radius 2 is 1.96 bits per heavy atom. The lowest BCUT2D eigenvalue weighted by Crippen LogP contribution is -2.09. The van der Waals surface area contributed by atoms with Crippen molar-refractivity contribution in [1.29, 1.82) is 0 Å². The minimum atomic E-state index is -0.489. The van der Waals surface area contributed by atoms with Crippen LogP contribution in [0.3, 0.4) is 0 Å². The molecule has 3 heterocycles. The highest BCUT2D eigenvalue weighted by molar-refractivity contribution is 5.71. The first-order valence-corrected chi connectivity index (χ1v) is 8.54. The lowest BCUT2D eigenvalue weighted by atomic mass is 10.2. The molecular weight excluding hydrogens is 365 g/mol. The number of nitrogens with zero attached hydrogens (tertiary/aromatic N) is 5. The molecule has 0 bridgehead atoms. The van der Waals surface area contributed by atoms with Crippen LogP contribution in [0.4, 0.5) is 4.39 Å². The van der Waals surface area contributed by atoms with Crippen LogP contribution in [0.15, 0.2) is 41.0 Å². The van der Waals surface area contributed by atoms with Gasteiger partial charge in [0.1, 0.15) is 30.8 Å². The molecule has 8 nitrogen and oxygen atoms in total. The summed E-state index contributed by atoms with van der Waals surface area (Å²) in [6.45, 7) is 3.71. The molecule has 0 saturated carbocycles. The van der Waals surface area contributed by atoms with E-state index in [1.807, 2.05) is 19.9 Å². The summed E-state index contributed by atoms with van der Waals surface area (Å²) >= 11 is 0. The zero-order valence-corrected chi connectivity index (χ0v) is 15.2. The molecule has 0 saturated heterocycles. The summed E-state index contributed by atoms with van der Waals surface area (Å²) in [6, 6.07) is 7.64. The maximum absolute atomic E-state index is 13.0. The van der Waals surface area contributed by atoms with Crippen molar-refractivity contribution in [3.63, 3.8) is 0 Å². The van der Waals surface area contributed by atoms with Crippen molar-refractivity contribution >= 4 is 11.7 Å². The highest BCUT2D eigenvalue weighted by atomic mass is 19.1. The van der Waals surface area contributed by atoms with E-state index in [1.54, 1.807) is 16.6 Å². The Kier molecular flexibility index (Phi) is 4.56. The average Bonchev–Trinajstić information content (AvgIpc) is 3.27. The molecule has 4 aromatic rings. The van der Waals surface area contributed by atoms with Gasteiger partial charge in [-0.1, -0.05) is 0 Å². The van der Waals surface area contributed by atoms with E-state index < -0.39 is 5.97 Å². The Bertz CT molecular complexity index is 1150. The molecule has 0 fully saturated rings. The molecule has 0 spiro atoms. The minimum absolute atomic E-state index is 0.0483. The Labute approximate surface area is 159 Å². The molecule has 0 aliphatic rings. The fraction of sp³-hybridized carbons (Fsp3) is 0.211. The van der Waals surface area contributed by atoms with E-state index in [-0.39, 0.29) is 18.8 Å². The number of rotatable bonds is 5. The van der Waals surface area contributed by atoms with Crippen LogP contribution in [-0.4, -0.2) is 30.5 Å². The van der Waals surface area contributed by atoms with Crippen LogP contribution < -0.4 is 0 Å². The number of aromatic nitrogens is 5. The van der Waals surface area contributed by atoms with Crippen molar-refractivity contribution in [2.24, 2.45) is 0 Å². The molecule has 4 rings (SSSR count). The summed E-state index contributed by atoms with van der Waals surface area (Å²) < 4.78 is 25.1. The van der Waals surface area contributed by atoms with Gasteiger partial charge in [0.15, 0.2) is 5.82 Å². The van der Waals surface area contributed by atoms with Gasteiger partial charge in [-0.05, 0) is 44.2 Å². The SMILES string of the molecule is Cc1cc(C)n2nc(CC(=O)OCc3coc(-c4ccc(F)cc4)n3)nc2n1. The van der Waals surface area contributed by atoms with Crippen molar-refractivity contribution in [2.45, 2.75) is 26.9 Å². The molecule has 142 valence electrons. The number of hydrogen-bond acceptors (Lipinski definition) is 7. The second kappa shape index (κ2) is 7.18. The summed E-state index contributed by atoms with van der Waals surface area (Å²) in [5, 5.41) is 4.28. The highest BCUT2D eigenvalue weighted by Gasteiger charge is 2.14. The Morgan fingerprint density at radius 1 is 1.18 bits per heavy atom. The predicted octanol–water partition coefficient (Wildman–Crippen LogP) is 2.82. The molecular formula is C19H16FN5O3. The Balaban J connectivity index is 1.38. The number of esters is 1. The number of fused-ring (bicyclic) bond motifs is 1. The fourth-order valence-electron chi connectivity index (χ4n) is 2.72. The lowest BCUT2D eigenvalue weighted by molar-refractivity contribution is -0.144. The normalized spacial score (nSPS) is 11.1. The maximum Gasteiger partial charge on any atom is 0.314 e. The molecule has 28 heavy (non-hydrogen) atoms. The van der Waals surface area contributed by atoms with Crippen LogP contribution in [0.5, 0.6) is 0 Å². The summed E-state index contributed by atoms with van der Waals surface area (Å²) in [6.07, 6.45) is 1.32. The van der Waals surface area contributed by atoms with Gasteiger partial charge in [-0.2, -0.15) is 4.98 Å². The zero-order chi connectivity index (χ0) is 19.7. The van der Waals surface area contributed by atoms with Crippen LogP contribution in [0.2, 0.25) is 0 Å². The van der Waals surface area contributed by atoms with Crippen molar-refractivity contribution in [3.8, 4) is 11.5 Å². The number of halogens is 1.